The Kier molecular flexibility index (Phi) is 4.93. The van der Waals surface area contributed by atoms with E-state index in [1.807, 2.05) is 26.0 Å². The van der Waals surface area contributed by atoms with Crippen LogP contribution in [0.3, 0.4) is 0 Å². The van der Waals surface area contributed by atoms with Gasteiger partial charge in [-0.2, -0.15) is 0 Å². The summed E-state index contributed by atoms with van der Waals surface area (Å²) in [5, 5.41) is 16.0. The van der Waals surface area contributed by atoms with Gasteiger partial charge in [0.15, 0.2) is 0 Å². The van der Waals surface area contributed by atoms with E-state index in [4.69, 9.17) is 4.42 Å². The quantitative estimate of drug-likeness (QED) is 0.792. The van der Waals surface area contributed by atoms with Crippen LogP contribution in [0.1, 0.15) is 33.8 Å². The fourth-order valence-corrected chi connectivity index (χ4v) is 3.15. The molecule has 0 fully saturated rings. The van der Waals surface area contributed by atoms with Crippen molar-refractivity contribution >= 4 is 17.4 Å². The standard InChI is InChI=1S/C16H22N2O3S/c1-10-7-14(12(3)21-10)16(4,20)9-18-15(19)17-8-13-6-5-11(2)22-13/h5-7,20H,8-9H2,1-4H3,(H2,17,18,19). The Labute approximate surface area is 134 Å². The molecule has 2 heterocycles. The Morgan fingerprint density at radius 1 is 1.32 bits per heavy atom. The molecule has 0 aliphatic carbocycles. The summed E-state index contributed by atoms with van der Waals surface area (Å²) in [5.74, 6) is 1.41. The minimum Gasteiger partial charge on any atom is -0.466 e. The summed E-state index contributed by atoms with van der Waals surface area (Å²) in [6, 6.07) is 5.51. The fraction of sp³-hybridized carbons (Fsp3) is 0.438. The van der Waals surface area contributed by atoms with Gasteiger partial charge in [-0.25, -0.2) is 4.79 Å². The highest BCUT2D eigenvalue weighted by molar-refractivity contribution is 7.11. The monoisotopic (exact) mass is 322 g/mol. The lowest BCUT2D eigenvalue weighted by Gasteiger charge is -2.23. The number of urea groups is 1. The summed E-state index contributed by atoms with van der Waals surface area (Å²) in [6.45, 7) is 7.91. The first-order valence-corrected chi connectivity index (χ1v) is 7.96. The molecule has 6 heteroatoms. The molecule has 2 rings (SSSR count). The first-order chi connectivity index (χ1) is 10.3. The molecule has 120 valence electrons. The molecule has 0 saturated carbocycles. The van der Waals surface area contributed by atoms with Crippen LogP contribution >= 0.6 is 11.3 Å². The molecule has 1 atom stereocenters. The van der Waals surface area contributed by atoms with E-state index in [0.29, 0.717) is 17.9 Å². The smallest absolute Gasteiger partial charge is 0.315 e. The van der Waals surface area contributed by atoms with Gasteiger partial charge in [0.25, 0.3) is 0 Å². The Hall–Kier alpha value is -1.79. The van der Waals surface area contributed by atoms with Gasteiger partial charge in [0.1, 0.15) is 17.1 Å². The second-order valence-electron chi connectivity index (χ2n) is 5.65. The Morgan fingerprint density at radius 2 is 2.05 bits per heavy atom. The molecule has 2 aromatic heterocycles. The van der Waals surface area contributed by atoms with Crippen molar-refractivity contribution in [2.24, 2.45) is 0 Å². The largest absolute Gasteiger partial charge is 0.466 e. The minimum atomic E-state index is -1.17. The lowest BCUT2D eigenvalue weighted by atomic mass is 9.96. The number of carbonyl (C=O) groups excluding carboxylic acids is 1. The number of hydrogen-bond acceptors (Lipinski definition) is 4. The maximum Gasteiger partial charge on any atom is 0.315 e. The van der Waals surface area contributed by atoms with Gasteiger partial charge in [0.05, 0.1) is 13.1 Å². The van der Waals surface area contributed by atoms with Crippen LogP contribution in [-0.4, -0.2) is 17.7 Å². The zero-order chi connectivity index (χ0) is 16.3. The lowest BCUT2D eigenvalue weighted by Crippen LogP contribution is -2.43. The molecule has 0 saturated heterocycles. The van der Waals surface area contributed by atoms with Crippen LogP contribution in [0, 0.1) is 20.8 Å². The Morgan fingerprint density at radius 3 is 2.59 bits per heavy atom. The minimum absolute atomic E-state index is 0.113. The van der Waals surface area contributed by atoms with Crippen molar-refractivity contribution < 1.29 is 14.3 Å². The Bertz CT molecular complexity index is 658. The predicted octanol–water partition coefficient (Wildman–Crippen LogP) is 2.97. The average molecular weight is 322 g/mol. The van der Waals surface area contributed by atoms with Gasteiger partial charge in [-0.3, -0.25) is 0 Å². The average Bonchev–Trinajstić information content (AvgIpc) is 3.00. The highest BCUT2D eigenvalue weighted by atomic mass is 32.1. The fourth-order valence-electron chi connectivity index (χ4n) is 2.32. The van der Waals surface area contributed by atoms with E-state index in [9.17, 15) is 9.90 Å². The molecule has 0 aliphatic rings. The van der Waals surface area contributed by atoms with E-state index in [1.165, 1.54) is 4.88 Å². The van der Waals surface area contributed by atoms with E-state index in [1.54, 1.807) is 31.3 Å². The summed E-state index contributed by atoms with van der Waals surface area (Å²) < 4.78 is 5.43. The predicted molar refractivity (Wildman–Crippen MR) is 87.0 cm³/mol. The number of hydrogen-bond donors (Lipinski definition) is 3. The third-order valence-corrected chi connectivity index (χ3v) is 4.43. The number of rotatable bonds is 5. The Balaban J connectivity index is 1.86. The molecule has 0 spiro atoms. The number of carbonyl (C=O) groups is 1. The van der Waals surface area contributed by atoms with E-state index < -0.39 is 5.60 Å². The highest BCUT2D eigenvalue weighted by Crippen LogP contribution is 2.26. The molecule has 0 bridgehead atoms. The van der Waals surface area contributed by atoms with E-state index in [0.717, 1.165) is 10.6 Å². The van der Waals surface area contributed by atoms with Crippen molar-refractivity contribution in [1.82, 2.24) is 10.6 Å². The second kappa shape index (κ2) is 6.54. The van der Waals surface area contributed by atoms with Crippen molar-refractivity contribution in [3.8, 4) is 0 Å². The molecule has 0 radical (unpaired) electrons. The molecule has 2 aromatic rings. The molecule has 0 aliphatic heterocycles. The van der Waals surface area contributed by atoms with Crippen LogP contribution in [0.15, 0.2) is 22.6 Å². The van der Waals surface area contributed by atoms with Gasteiger partial charge in [-0.05, 0) is 45.9 Å². The topological polar surface area (TPSA) is 74.5 Å². The van der Waals surface area contributed by atoms with E-state index in [2.05, 4.69) is 10.6 Å². The lowest BCUT2D eigenvalue weighted by molar-refractivity contribution is 0.0579. The number of aliphatic hydroxyl groups is 1. The van der Waals surface area contributed by atoms with Gasteiger partial charge >= 0.3 is 6.03 Å². The normalized spacial score (nSPS) is 13.7. The zero-order valence-electron chi connectivity index (χ0n) is 13.3. The van der Waals surface area contributed by atoms with Crippen LogP contribution in [0.2, 0.25) is 0 Å². The summed E-state index contributed by atoms with van der Waals surface area (Å²) in [5.41, 5.74) is -0.474. The van der Waals surface area contributed by atoms with Crippen LogP contribution in [0.5, 0.6) is 0 Å². The van der Waals surface area contributed by atoms with Gasteiger partial charge in [-0.15, -0.1) is 11.3 Å². The third-order valence-electron chi connectivity index (χ3n) is 3.43. The molecule has 1 unspecified atom stereocenters. The second-order valence-corrected chi connectivity index (χ2v) is 7.02. The van der Waals surface area contributed by atoms with Crippen LogP contribution in [-0.2, 0) is 12.1 Å². The number of furan rings is 1. The number of nitrogens with one attached hydrogen (secondary N) is 2. The van der Waals surface area contributed by atoms with Crippen LogP contribution < -0.4 is 10.6 Å². The molecule has 22 heavy (non-hydrogen) atoms. The summed E-state index contributed by atoms with van der Waals surface area (Å²) in [6.07, 6.45) is 0. The van der Waals surface area contributed by atoms with Gasteiger partial charge in [0.2, 0.25) is 0 Å². The van der Waals surface area contributed by atoms with Crippen molar-refractivity contribution in [2.75, 3.05) is 6.54 Å². The molecule has 2 amide bonds. The first-order valence-electron chi connectivity index (χ1n) is 7.15. The van der Waals surface area contributed by atoms with E-state index in [-0.39, 0.29) is 12.6 Å². The maximum absolute atomic E-state index is 11.8. The zero-order valence-corrected chi connectivity index (χ0v) is 14.1. The highest BCUT2D eigenvalue weighted by Gasteiger charge is 2.28. The molecular formula is C16H22N2O3S. The van der Waals surface area contributed by atoms with Crippen molar-refractivity contribution in [3.63, 3.8) is 0 Å². The SMILES string of the molecule is Cc1cc(C(C)(O)CNC(=O)NCc2ccc(C)s2)c(C)o1. The number of amides is 2. The van der Waals surface area contributed by atoms with Crippen molar-refractivity contribution in [1.29, 1.82) is 0 Å². The van der Waals surface area contributed by atoms with Crippen LogP contribution in [0.25, 0.3) is 0 Å². The number of aryl methyl sites for hydroxylation is 3. The van der Waals surface area contributed by atoms with Crippen molar-refractivity contribution in [2.45, 2.75) is 39.8 Å². The summed E-state index contributed by atoms with van der Waals surface area (Å²) >= 11 is 1.65. The molecular weight excluding hydrogens is 300 g/mol. The summed E-state index contributed by atoms with van der Waals surface area (Å²) in [4.78, 5) is 14.2. The van der Waals surface area contributed by atoms with E-state index >= 15 is 0 Å². The van der Waals surface area contributed by atoms with Gasteiger partial charge in [0, 0.05) is 15.3 Å². The molecule has 0 aromatic carbocycles. The van der Waals surface area contributed by atoms with Gasteiger partial charge < -0.3 is 20.2 Å². The number of thiophene rings is 1. The van der Waals surface area contributed by atoms with Crippen LogP contribution in [0.4, 0.5) is 4.79 Å². The maximum atomic E-state index is 11.8. The molecule has 3 N–H and O–H groups in total. The van der Waals surface area contributed by atoms with Gasteiger partial charge in [-0.1, -0.05) is 0 Å². The first kappa shape index (κ1) is 16.6. The summed E-state index contributed by atoms with van der Waals surface area (Å²) in [7, 11) is 0. The third kappa shape index (κ3) is 4.11. The molecule has 5 nitrogen and oxygen atoms in total. The van der Waals surface area contributed by atoms with Crippen molar-refractivity contribution in [3.05, 3.63) is 45.0 Å².